The number of hydrogen-bond acceptors (Lipinski definition) is 4. The molecular weight excluding hydrogens is 383 g/mol. The predicted octanol–water partition coefficient (Wildman–Crippen LogP) is 5.52. The minimum Gasteiger partial charge on any atom is -0.491 e. The van der Waals surface area contributed by atoms with E-state index in [0.717, 1.165) is 24.7 Å². The zero-order chi connectivity index (χ0) is 19.2. The summed E-state index contributed by atoms with van der Waals surface area (Å²) in [6.07, 6.45) is 0.512. The maximum atomic E-state index is 5.98. The molecule has 0 spiro atoms. The van der Waals surface area contributed by atoms with Gasteiger partial charge in [-0.1, -0.05) is 37.9 Å². The third-order valence-electron chi connectivity index (χ3n) is 5.40. The van der Waals surface area contributed by atoms with Gasteiger partial charge in [0.25, 0.3) is 0 Å². The SMILES string of the molecule is c1ccc(-p2c3cc(OCC4CO4)ccc3c3ccc(OCC4CO4)cc32)cc1. The lowest BCUT2D eigenvalue weighted by Crippen LogP contribution is -2.03. The van der Waals surface area contributed by atoms with Crippen molar-refractivity contribution in [3.8, 4) is 16.8 Å². The second-order valence-electron chi connectivity index (χ2n) is 7.56. The van der Waals surface area contributed by atoms with Gasteiger partial charge in [0.15, 0.2) is 0 Å². The predicted molar refractivity (Wildman–Crippen MR) is 116 cm³/mol. The van der Waals surface area contributed by atoms with Gasteiger partial charge >= 0.3 is 0 Å². The molecule has 4 aromatic rings. The molecule has 0 amide bonds. The molecule has 0 radical (unpaired) electrons. The van der Waals surface area contributed by atoms with E-state index in [1.54, 1.807) is 0 Å². The first kappa shape index (κ1) is 17.3. The zero-order valence-corrected chi connectivity index (χ0v) is 16.8. The fourth-order valence-electron chi connectivity index (χ4n) is 3.72. The molecule has 2 fully saturated rings. The molecular formula is C24H21O4P. The van der Waals surface area contributed by atoms with Crippen molar-refractivity contribution in [1.82, 2.24) is 0 Å². The second-order valence-corrected chi connectivity index (χ2v) is 9.71. The van der Waals surface area contributed by atoms with Crippen LogP contribution >= 0.6 is 7.53 Å². The third kappa shape index (κ3) is 3.49. The molecule has 29 heavy (non-hydrogen) atoms. The van der Waals surface area contributed by atoms with E-state index in [0.29, 0.717) is 13.2 Å². The summed E-state index contributed by atoms with van der Waals surface area (Å²) in [6.45, 7) is 2.86. The van der Waals surface area contributed by atoms with Crippen LogP contribution in [0.15, 0.2) is 66.7 Å². The van der Waals surface area contributed by atoms with Crippen molar-refractivity contribution in [3.63, 3.8) is 0 Å². The molecule has 2 unspecified atom stereocenters. The lowest BCUT2D eigenvalue weighted by Gasteiger charge is -2.07. The average molecular weight is 404 g/mol. The minimum atomic E-state index is -0.648. The van der Waals surface area contributed by atoms with Gasteiger partial charge in [0.1, 0.15) is 36.9 Å². The molecule has 0 aliphatic carbocycles. The molecule has 0 saturated carbocycles. The Hall–Kier alpha value is -2.52. The Morgan fingerprint density at radius 2 is 1.24 bits per heavy atom. The van der Waals surface area contributed by atoms with Crippen LogP contribution < -0.4 is 9.47 Å². The van der Waals surface area contributed by atoms with E-state index in [4.69, 9.17) is 18.9 Å². The molecule has 1 aromatic heterocycles. The van der Waals surface area contributed by atoms with Crippen molar-refractivity contribution in [1.29, 1.82) is 0 Å². The Balaban J connectivity index is 1.49. The first-order valence-corrected chi connectivity index (χ1v) is 11.3. The van der Waals surface area contributed by atoms with Crippen molar-refractivity contribution >= 4 is 28.5 Å². The highest BCUT2D eigenvalue weighted by Crippen LogP contribution is 2.56. The topological polar surface area (TPSA) is 43.5 Å². The van der Waals surface area contributed by atoms with Crippen LogP contribution in [0.5, 0.6) is 11.5 Å². The quantitative estimate of drug-likeness (QED) is 0.380. The smallest absolute Gasteiger partial charge is 0.120 e. The van der Waals surface area contributed by atoms with Crippen LogP contribution in [0.3, 0.4) is 0 Å². The molecule has 2 aliphatic heterocycles. The normalized spacial score (nSPS) is 20.8. The van der Waals surface area contributed by atoms with Gasteiger partial charge in [-0.2, -0.15) is 0 Å². The van der Waals surface area contributed by atoms with Crippen LogP contribution in [0.25, 0.3) is 26.3 Å². The number of hydrogen-bond donors (Lipinski definition) is 0. The maximum absolute atomic E-state index is 5.98. The van der Waals surface area contributed by atoms with Gasteiger partial charge in [-0.05, 0) is 52.5 Å². The molecule has 146 valence electrons. The Morgan fingerprint density at radius 3 is 1.72 bits per heavy atom. The Kier molecular flexibility index (Phi) is 4.23. The number of benzene rings is 3. The van der Waals surface area contributed by atoms with Crippen LogP contribution in [0.4, 0.5) is 0 Å². The molecule has 2 saturated heterocycles. The summed E-state index contributed by atoms with van der Waals surface area (Å²) in [7, 11) is -0.648. The van der Waals surface area contributed by atoms with Gasteiger partial charge in [0, 0.05) is 10.2 Å². The summed E-state index contributed by atoms with van der Waals surface area (Å²) >= 11 is 0. The third-order valence-corrected chi connectivity index (χ3v) is 7.92. The van der Waals surface area contributed by atoms with Crippen LogP contribution in [0, 0.1) is 0 Å². The van der Waals surface area contributed by atoms with Crippen LogP contribution in [0.2, 0.25) is 0 Å². The van der Waals surface area contributed by atoms with E-state index in [2.05, 4.69) is 66.7 Å². The molecule has 6 rings (SSSR count). The minimum absolute atomic E-state index is 0.256. The second kappa shape index (κ2) is 7.07. The highest BCUT2D eigenvalue weighted by molar-refractivity contribution is 7.67. The number of rotatable bonds is 7. The monoisotopic (exact) mass is 404 g/mol. The van der Waals surface area contributed by atoms with E-state index in [9.17, 15) is 0 Å². The lowest BCUT2D eigenvalue weighted by atomic mass is 10.1. The first-order chi connectivity index (χ1) is 14.3. The van der Waals surface area contributed by atoms with E-state index in [1.807, 2.05) is 0 Å². The van der Waals surface area contributed by atoms with Crippen LogP contribution in [-0.4, -0.2) is 38.6 Å². The van der Waals surface area contributed by atoms with E-state index in [-0.39, 0.29) is 12.2 Å². The first-order valence-electron chi connectivity index (χ1n) is 9.97. The fourth-order valence-corrected chi connectivity index (χ4v) is 6.39. The summed E-state index contributed by atoms with van der Waals surface area (Å²) in [5.74, 6) is 1.83. The van der Waals surface area contributed by atoms with Gasteiger partial charge in [-0.25, -0.2) is 0 Å². The van der Waals surface area contributed by atoms with Gasteiger partial charge in [-0.15, -0.1) is 0 Å². The largest absolute Gasteiger partial charge is 0.491 e. The number of fused-ring (bicyclic) bond motifs is 3. The molecule has 2 aliphatic rings. The maximum Gasteiger partial charge on any atom is 0.120 e. The van der Waals surface area contributed by atoms with Crippen LogP contribution in [0.1, 0.15) is 0 Å². The standard InChI is InChI=1S/C24H21O4P/c1-2-4-20(5-3-1)29-23-10-16(25-12-18-14-27-18)6-8-21(23)22-9-7-17(11-24(22)29)26-13-19-15-28-19/h1-11,18-19H,12-15H2. The van der Waals surface area contributed by atoms with E-state index in [1.165, 1.54) is 26.3 Å². The Labute approximate surface area is 170 Å². The average Bonchev–Trinajstić information content (AvgIpc) is 3.68. The summed E-state index contributed by atoms with van der Waals surface area (Å²) in [5.41, 5.74) is 0. The molecule has 3 aromatic carbocycles. The summed E-state index contributed by atoms with van der Waals surface area (Å²) in [4.78, 5) is 0. The lowest BCUT2D eigenvalue weighted by molar-refractivity contribution is 0.263. The molecule has 2 atom stereocenters. The Morgan fingerprint density at radius 1 is 0.724 bits per heavy atom. The summed E-state index contributed by atoms with van der Waals surface area (Å²) in [5, 5.41) is 6.62. The molecule has 0 N–H and O–H groups in total. The highest BCUT2D eigenvalue weighted by Gasteiger charge is 2.24. The van der Waals surface area contributed by atoms with Gasteiger partial charge in [0.05, 0.1) is 13.2 Å². The van der Waals surface area contributed by atoms with Crippen molar-refractivity contribution in [2.24, 2.45) is 0 Å². The molecule has 3 heterocycles. The van der Waals surface area contributed by atoms with Gasteiger partial charge < -0.3 is 18.9 Å². The molecule has 0 bridgehead atoms. The van der Waals surface area contributed by atoms with Gasteiger partial charge in [-0.3, -0.25) is 0 Å². The highest BCUT2D eigenvalue weighted by atomic mass is 31.1. The summed E-state index contributed by atoms with van der Waals surface area (Å²) in [6, 6.07) is 23.7. The fraction of sp³-hybridized carbons (Fsp3) is 0.250. The van der Waals surface area contributed by atoms with Crippen molar-refractivity contribution in [2.45, 2.75) is 12.2 Å². The molecule has 4 nitrogen and oxygen atoms in total. The van der Waals surface area contributed by atoms with Crippen molar-refractivity contribution < 1.29 is 18.9 Å². The number of ether oxygens (including phenoxy) is 4. The molecule has 5 heteroatoms. The number of epoxide rings is 2. The Bertz CT molecular complexity index is 1100. The summed E-state index contributed by atoms with van der Waals surface area (Å²) < 4.78 is 22.5. The van der Waals surface area contributed by atoms with E-state index < -0.39 is 7.53 Å². The van der Waals surface area contributed by atoms with Crippen molar-refractivity contribution in [3.05, 3.63) is 66.7 Å². The van der Waals surface area contributed by atoms with Crippen LogP contribution in [-0.2, 0) is 9.47 Å². The zero-order valence-electron chi connectivity index (χ0n) is 15.9. The van der Waals surface area contributed by atoms with Gasteiger partial charge in [0.2, 0.25) is 0 Å². The van der Waals surface area contributed by atoms with Crippen molar-refractivity contribution in [2.75, 3.05) is 26.4 Å². The van der Waals surface area contributed by atoms with E-state index >= 15 is 0 Å².